The smallest absolute Gasteiger partial charge is 0.262 e. The van der Waals surface area contributed by atoms with Gasteiger partial charge < -0.3 is 10.3 Å². The minimum atomic E-state index is -0.228. The van der Waals surface area contributed by atoms with Gasteiger partial charge in [-0.3, -0.25) is 14.2 Å². The molecule has 0 saturated heterocycles. The van der Waals surface area contributed by atoms with Crippen molar-refractivity contribution in [2.24, 2.45) is 0 Å². The predicted molar refractivity (Wildman–Crippen MR) is 115 cm³/mol. The number of fused-ring (bicyclic) bond motifs is 1. The lowest BCUT2D eigenvalue weighted by Gasteiger charge is -2.18. The molecule has 1 aromatic heterocycles. The van der Waals surface area contributed by atoms with Crippen LogP contribution in [0.2, 0.25) is 5.02 Å². The molecular weight excluding hydrogens is 394 g/mol. The molecule has 1 heterocycles. The minimum Gasteiger partial charge on any atom is -0.349 e. The van der Waals surface area contributed by atoms with E-state index in [0.717, 1.165) is 12.0 Å². The standard InChI is InChI=1S/C21H22ClN3O2S/c1-3-17(14-6-4-13(2)5-7-14)23-19(26)10-11-25-20(27)16-9-8-15(22)12-18(16)24-21(25)28/h4-9,12,17H,3,10-11H2,1-2H3,(H,23,26)(H,24,28)/t17-/m1/s1. The summed E-state index contributed by atoms with van der Waals surface area (Å²) in [4.78, 5) is 28.2. The van der Waals surface area contributed by atoms with Crippen LogP contribution < -0.4 is 10.9 Å². The van der Waals surface area contributed by atoms with Crippen LogP contribution in [0.5, 0.6) is 0 Å². The average Bonchev–Trinajstić information content (AvgIpc) is 2.66. The molecule has 0 aliphatic carbocycles. The number of carbonyl (C=O) groups is 1. The van der Waals surface area contributed by atoms with Gasteiger partial charge in [0, 0.05) is 18.0 Å². The summed E-state index contributed by atoms with van der Waals surface area (Å²) in [5.41, 5.74) is 2.61. The van der Waals surface area contributed by atoms with Crippen molar-refractivity contribution in [3.05, 3.63) is 73.7 Å². The van der Waals surface area contributed by atoms with Gasteiger partial charge in [-0.25, -0.2) is 0 Å². The van der Waals surface area contributed by atoms with Crippen LogP contribution in [0, 0.1) is 11.7 Å². The molecule has 2 aromatic carbocycles. The summed E-state index contributed by atoms with van der Waals surface area (Å²) >= 11 is 11.3. The zero-order valence-corrected chi connectivity index (χ0v) is 17.4. The third kappa shape index (κ3) is 4.51. The predicted octanol–water partition coefficient (Wildman–Crippen LogP) is 4.68. The summed E-state index contributed by atoms with van der Waals surface area (Å²) in [5, 5.41) is 4.05. The highest BCUT2D eigenvalue weighted by Gasteiger charge is 2.14. The Labute approximate surface area is 173 Å². The molecule has 7 heteroatoms. The Morgan fingerprint density at radius 3 is 2.64 bits per heavy atom. The monoisotopic (exact) mass is 415 g/mol. The lowest BCUT2D eigenvalue weighted by Crippen LogP contribution is -2.31. The molecule has 0 aliphatic rings. The quantitative estimate of drug-likeness (QED) is 0.574. The molecule has 1 amide bonds. The van der Waals surface area contributed by atoms with E-state index in [2.05, 4.69) is 10.3 Å². The first-order valence-electron chi connectivity index (χ1n) is 9.17. The second-order valence-electron chi connectivity index (χ2n) is 6.77. The Kier molecular flexibility index (Phi) is 6.31. The number of aryl methyl sites for hydroxylation is 1. The number of benzene rings is 2. The van der Waals surface area contributed by atoms with Crippen LogP contribution in [-0.2, 0) is 11.3 Å². The zero-order chi connectivity index (χ0) is 20.3. The van der Waals surface area contributed by atoms with Crippen molar-refractivity contribution < 1.29 is 4.79 Å². The van der Waals surface area contributed by atoms with E-state index in [0.29, 0.717) is 15.9 Å². The lowest BCUT2D eigenvalue weighted by molar-refractivity contribution is -0.122. The Bertz CT molecular complexity index is 1120. The summed E-state index contributed by atoms with van der Waals surface area (Å²) in [6.45, 7) is 4.27. The average molecular weight is 416 g/mol. The van der Waals surface area contributed by atoms with Crippen LogP contribution in [0.25, 0.3) is 10.9 Å². The minimum absolute atomic E-state index is 0.0573. The second-order valence-corrected chi connectivity index (χ2v) is 7.59. The van der Waals surface area contributed by atoms with Gasteiger partial charge in [0.25, 0.3) is 5.56 Å². The van der Waals surface area contributed by atoms with Gasteiger partial charge in [0.15, 0.2) is 4.77 Å². The normalized spacial score (nSPS) is 12.1. The molecule has 0 aliphatic heterocycles. The Hall–Kier alpha value is -2.44. The van der Waals surface area contributed by atoms with E-state index in [1.165, 1.54) is 10.1 Å². The molecule has 28 heavy (non-hydrogen) atoms. The topological polar surface area (TPSA) is 66.9 Å². The number of halogens is 1. The second kappa shape index (κ2) is 8.71. The fourth-order valence-electron chi connectivity index (χ4n) is 3.13. The van der Waals surface area contributed by atoms with Gasteiger partial charge in [0.05, 0.1) is 16.9 Å². The van der Waals surface area contributed by atoms with Crippen LogP contribution >= 0.6 is 23.8 Å². The van der Waals surface area contributed by atoms with Crippen LogP contribution in [0.4, 0.5) is 0 Å². The van der Waals surface area contributed by atoms with Crippen molar-refractivity contribution in [2.75, 3.05) is 0 Å². The number of aromatic amines is 1. The van der Waals surface area contributed by atoms with Crippen LogP contribution in [0.1, 0.15) is 36.9 Å². The number of H-pyrrole nitrogens is 1. The highest BCUT2D eigenvalue weighted by atomic mass is 35.5. The maximum Gasteiger partial charge on any atom is 0.262 e. The SMILES string of the molecule is CC[C@@H](NC(=O)CCn1c(=S)[nH]c2cc(Cl)ccc2c1=O)c1ccc(C)cc1. The summed E-state index contributed by atoms with van der Waals surface area (Å²) < 4.78 is 1.69. The van der Waals surface area contributed by atoms with Gasteiger partial charge in [-0.1, -0.05) is 48.4 Å². The van der Waals surface area contributed by atoms with Gasteiger partial charge in [-0.05, 0) is 49.3 Å². The Morgan fingerprint density at radius 2 is 1.96 bits per heavy atom. The Morgan fingerprint density at radius 1 is 1.25 bits per heavy atom. The van der Waals surface area contributed by atoms with Gasteiger partial charge in [-0.15, -0.1) is 0 Å². The highest BCUT2D eigenvalue weighted by molar-refractivity contribution is 7.71. The van der Waals surface area contributed by atoms with E-state index in [1.54, 1.807) is 18.2 Å². The number of nitrogens with one attached hydrogen (secondary N) is 2. The molecule has 3 rings (SSSR count). The third-order valence-electron chi connectivity index (χ3n) is 4.73. The van der Waals surface area contributed by atoms with Gasteiger partial charge in [0.2, 0.25) is 5.91 Å². The van der Waals surface area contributed by atoms with Crippen molar-refractivity contribution in [3.8, 4) is 0 Å². The third-order valence-corrected chi connectivity index (χ3v) is 5.29. The first-order chi connectivity index (χ1) is 13.4. The molecule has 5 nitrogen and oxygen atoms in total. The number of aromatic nitrogens is 2. The first-order valence-corrected chi connectivity index (χ1v) is 9.96. The van der Waals surface area contributed by atoms with Crippen LogP contribution in [-0.4, -0.2) is 15.5 Å². The van der Waals surface area contributed by atoms with Gasteiger partial charge >= 0.3 is 0 Å². The molecule has 0 saturated carbocycles. The van der Waals surface area contributed by atoms with Crippen molar-refractivity contribution in [3.63, 3.8) is 0 Å². The maximum atomic E-state index is 12.7. The number of carbonyl (C=O) groups excluding carboxylic acids is 1. The molecule has 0 spiro atoms. The van der Waals surface area contributed by atoms with Crippen molar-refractivity contribution in [1.29, 1.82) is 0 Å². The molecule has 0 radical (unpaired) electrons. The molecule has 0 bridgehead atoms. The van der Waals surface area contributed by atoms with E-state index < -0.39 is 0 Å². The van der Waals surface area contributed by atoms with E-state index >= 15 is 0 Å². The largest absolute Gasteiger partial charge is 0.349 e. The molecule has 2 N–H and O–H groups in total. The zero-order valence-electron chi connectivity index (χ0n) is 15.8. The molecule has 0 unspecified atom stereocenters. The molecule has 3 aromatic rings. The number of nitrogens with zero attached hydrogens (tertiary/aromatic N) is 1. The van der Waals surface area contributed by atoms with E-state index in [-0.39, 0.29) is 35.2 Å². The maximum absolute atomic E-state index is 12.7. The number of hydrogen-bond acceptors (Lipinski definition) is 3. The number of amides is 1. The first kappa shape index (κ1) is 20.3. The van der Waals surface area contributed by atoms with Crippen LogP contribution in [0.3, 0.4) is 0 Å². The molecule has 146 valence electrons. The molecular formula is C21H22ClN3O2S. The summed E-state index contributed by atoms with van der Waals surface area (Å²) in [6, 6.07) is 13.0. The Balaban J connectivity index is 1.73. The number of hydrogen-bond donors (Lipinski definition) is 2. The van der Waals surface area contributed by atoms with E-state index in [1.807, 2.05) is 38.1 Å². The molecule has 1 atom stereocenters. The van der Waals surface area contributed by atoms with E-state index in [4.69, 9.17) is 23.8 Å². The van der Waals surface area contributed by atoms with E-state index in [9.17, 15) is 9.59 Å². The van der Waals surface area contributed by atoms with Crippen molar-refractivity contribution in [2.45, 2.75) is 39.3 Å². The lowest BCUT2D eigenvalue weighted by atomic mass is 10.0. The summed E-state index contributed by atoms with van der Waals surface area (Å²) in [6.07, 6.45) is 0.949. The summed E-state index contributed by atoms with van der Waals surface area (Å²) in [7, 11) is 0. The molecule has 0 fully saturated rings. The van der Waals surface area contributed by atoms with Gasteiger partial charge in [-0.2, -0.15) is 0 Å². The summed E-state index contributed by atoms with van der Waals surface area (Å²) in [5.74, 6) is -0.120. The van der Waals surface area contributed by atoms with Gasteiger partial charge in [0.1, 0.15) is 0 Å². The van der Waals surface area contributed by atoms with Crippen LogP contribution in [0.15, 0.2) is 47.3 Å². The fraction of sp³-hybridized carbons (Fsp3) is 0.286. The van der Waals surface area contributed by atoms with Crippen molar-refractivity contribution >= 4 is 40.6 Å². The van der Waals surface area contributed by atoms with Crippen molar-refractivity contribution in [1.82, 2.24) is 14.9 Å². The fourth-order valence-corrected chi connectivity index (χ4v) is 3.59. The number of rotatable bonds is 6. The highest BCUT2D eigenvalue weighted by Crippen LogP contribution is 2.18.